The molecule has 82 valence electrons. The highest BCUT2D eigenvalue weighted by Crippen LogP contribution is 2.45. The van der Waals surface area contributed by atoms with E-state index in [4.69, 9.17) is 0 Å². The second-order valence-electron chi connectivity index (χ2n) is 4.54. The first-order valence-electron chi connectivity index (χ1n) is 5.90. The quantitative estimate of drug-likeness (QED) is 0.751. The Morgan fingerprint density at radius 2 is 1.71 bits per heavy atom. The van der Waals surface area contributed by atoms with Crippen LogP contribution >= 0.6 is 0 Å². The van der Waals surface area contributed by atoms with Gasteiger partial charge < -0.3 is 5.11 Å². The van der Waals surface area contributed by atoms with Crippen LogP contribution in [0.15, 0.2) is 0 Å². The molecule has 1 rings (SSSR count). The van der Waals surface area contributed by atoms with E-state index in [1.165, 1.54) is 6.42 Å². The van der Waals surface area contributed by atoms with Gasteiger partial charge in [0.2, 0.25) is 0 Å². The molecule has 0 bridgehead atoms. The zero-order chi connectivity index (χ0) is 10.6. The van der Waals surface area contributed by atoms with Crippen molar-refractivity contribution in [2.75, 3.05) is 0 Å². The summed E-state index contributed by atoms with van der Waals surface area (Å²) < 4.78 is 0. The summed E-state index contributed by atoms with van der Waals surface area (Å²) in [4.78, 5) is 11.4. The standard InChI is InChI=1S/C12H22O2/c1-3-10(4-2)12(11(13)14)8-6-5-7-9-12/h10H,3-9H2,1-2H3,(H,13,14). The predicted octanol–water partition coefficient (Wildman–Crippen LogP) is 3.46. The highest BCUT2D eigenvalue weighted by Gasteiger charge is 2.44. The second kappa shape index (κ2) is 4.81. The molecule has 0 spiro atoms. The molecular weight excluding hydrogens is 176 g/mol. The summed E-state index contributed by atoms with van der Waals surface area (Å²) in [6, 6.07) is 0. The van der Waals surface area contributed by atoms with Crippen LogP contribution in [0.3, 0.4) is 0 Å². The van der Waals surface area contributed by atoms with Crippen LogP contribution in [-0.2, 0) is 4.79 Å². The van der Waals surface area contributed by atoms with Gasteiger partial charge in [-0.05, 0) is 18.8 Å². The van der Waals surface area contributed by atoms with Gasteiger partial charge in [0, 0.05) is 0 Å². The Hall–Kier alpha value is -0.530. The smallest absolute Gasteiger partial charge is 0.309 e. The van der Waals surface area contributed by atoms with Crippen molar-refractivity contribution in [2.45, 2.75) is 58.8 Å². The number of carboxylic acid groups (broad SMARTS) is 1. The molecule has 1 saturated carbocycles. The van der Waals surface area contributed by atoms with E-state index in [0.29, 0.717) is 5.92 Å². The highest BCUT2D eigenvalue weighted by molar-refractivity contribution is 5.75. The fourth-order valence-electron chi connectivity index (χ4n) is 3.05. The van der Waals surface area contributed by atoms with E-state index in [1.54, 1.807) is 0 Å². The monoisotopic (exact) mass is 198 g/mol. The Morgan fingerprint density at radius 1 is 1.21 bits per heavy atom. The molecule has 0 atom stereocenters. The summed E-state index contributed by atoms with van der Waals surface area (Å²) in [5.74, 6) is -0.175. The molecule has 14 heavy (non-hydrogen) atoms. The van der Waals surface area contributed by atoms with Crippen molar-refractivity contribution in [3.05, 3.63) is 0 Å². The van der Waals surface area contributed by atoms with Crippen LogP contribution in [0.5, 0.6) is 0 Å². The Kier molecular flexibility index (Phi) is 3.97. The molecule has 2 heteroatoms. The van der Waals surface area contributed by atoms with Crippen LogP contribution < -0.4 is 0 Å². The molecule has 0 amide bonds. The number of aliphatic carboxylic acids is 1. The Labute approximate surface area is 86.7 Å². The van der Waals surface area contributed by atoms with Crippen LogP contribution in [0.1, 0.15) is 58.8 Å². The molecule has 0 saturated heterocycles. The first kappa shape index (κ1) is 11.5. The van der Waals surface area contributed by atoms with Crippen LogP contribution in [-0.4, -0.2) is 11.1 Å². The van der Waals surface area contributed by atoms with Crippen LogP contribution in [0.25, 0.3) is 0 Å². The zero-order valence-corrected chi connectivity index (χ0v) is 9.38. The van der Waals surface area contributed by atoms with E-state index in [0.717, 1.165) is 38.5 Å². The number of carboxylic acids is 1. The lowest BCUT2D eigenvalue weighted by Crippen LogP contribution is -2.40. The maximum absolute atomic E-state index is 11.4. The topological polar surface area (TPSA) is 37.3 Å². The minimum atomic E-state index is -0.550. The van der Waals surface area contributed by atoms with Crippen LogP contribution in [0.4, 0.5) is 0 Å². The first-order valence-corrected chi connectivity index (χ1v) is 5.90. The van der Waals surface area contributed by atoms with Gasteiger partial charge in [-0.25, -0.2) is 0 Å². The average Bonchev–Trinajstić information content (AvgIpc) is 2.21. The van der Waals surface area contributed by atoms with E-state index in [2.05, 4.69) is 13.8 Å². The number of hydrogen-bond donors (Lipinski definition) is 1. The first-order chi connectivity index (χ1) is 6.67. The lowest BCUT2D eigenvalue weighted by molar-refractivity contribution is -0.155. The molecule has 1 aliphatic carbocycles. The summed E-state index contributed by atoms with van der Waals surface area (Å²) in [7, 11) is 0. The molecule has 0 radical (unpaired) electrons. The van der Waals surface area contributed by atoms with E-state index in [9.17, 15) is 9.90 Å². The number of hydrogen-bond acceptors (Lipinski definition) is 1. The van der Waals surface area contributed by atoms with Gasteiger partial charge in [0.05, 0.1) is 5.41 Å². The largest absolute Gasteiger partial charge is 0.481 e. The maximum atomic E-state index is 11.4. The third-order valence-electron chi connectivity index (χ3n) is 3.94. The van der Waals surface area contributed by atoms with Crippen molar-refractivity contribution in [2.24, 2.45) is 11.3 Å². The molecular formula is C12H22O2. The van der Waals surface area contributed by atoms with E-state index >= 15 is 0 Å². The van der Waals surface area contributed by atoms with Gasteiger partial charge in [-0.3, -0.25) is 4.79 Å². The molecule has 0 aromatic carbocycles. The lowest BCUT2D eigenvalue weighted by Gasteiger charge is -2.39. The van der Waals surface area contributed by atoms with Gasteiger partial charge in [-0.1, -0.05) is 46.0 Å². The second-order valence-corrected chi connectivity index (χ2v) is 4.54. The third kappa shape index (κ3) is 1.94. The summed E-state index contributed by atoms with van der Waals surface area (Å²) in [5.41, 5.74) is -0.387. The van der Waals surface area contributed by atoms with E-state index < -0.39 is 5.97 Å². The molecule has 0 aromatic heterocycles. The Bertz CT molecular complexity index is 188. The van der Waals surface area contributed by atoms with Crippen molar-refractivity contribution in [3.63, 3.8) is 0 Å². The number of rotatable bonds is 4. The summed E-state index contributed by atoms with van der Waals surface area (Å²) >= 11 is 0. The average molecular weight is 198 g/mol. The van der Waals surface area contributed by atoms with Crippen molar-refractivity contribution in [1.29, 1.82) is 0 Å². The van der Waals surface area contributed by atoms with Gasteiger partial charge >= 0.3 is 5.97 Å². The van der Waals surface area contributed by atoms with Crippen molar-refractivity contribution in [1.82, 2.24) is 0 Å². The molecule has 0 heterocycles. The van der Waals surface area contributed by atoms with Gasteiger partial charge in [-0.2, -0.15) is 0 Å². The van der Waals surface area contributed by atoms with Gasteiger partial charge in [0.15, 0.2) is 0 Å². The molecule has 0 aromatic rings. The Morgan fingerprint density at radius 3 is 2.07 bits per heavy atom. The fraction of sp³-hybridized carbons (Fsp3) is 0.917. The number of carbonyl (C=O) groups is 1. The molecule has 0 unspecified atom stereocenters. The van der Waals surface area contributed by atoms with E-state index in [1.807, 2.05) is 0 Å². The summed E-state index contributed by atoms with van der Waals surface area (Å²) in [6.45, 7) is 4.24. The SMILES string of the molecule is CCC(CC)C1(C(=O)O)CCCCC1. The molecule has 1 N–H and O–H groups in total. The maximum Gasteiger partial charge on any atom is 0.309 e. The van der Waals surface area contributed by atoms with Crippen LogP contribution in [0.2, 0.25) is 0 Å². The molecule has 0 aliphatic heterocycles. The summed E-state index contributed by atoms with van der Waals surface area (Å²) in [5, 5.41) is 9.42. The fourth-order valence-corrected chi connectivity index (χ4v) is 3.05. The highest BCUT2D eigenvalue weighted by atomic mass is 16.4. The van der Waals surface area contributed by atoms with E-state index in [-0.39, 0.29) is 5.41 Å². The normalized spacial score (nSPS) is 21.1. The molecule has 1 aliphatic rings. The minimum Gasteiger partial charge on any atom is -0.481 e. The summed E-state index contributed by atoms with van der Waals surface area (Å²) in [6.07, 6.45) is 7.22. The van der Waals surface area contributed by atoms with Gasteiger partial charge in [-0.15, -0.1) is 0 Å². The predicted molar refractivity (Wildman–Crippen MR) is 57.2 cm³/mol. The van der Waals surface area contributed by atoms with Crippen LogP contribution in [0, 0.1) is 11.3 Å². The van der Waals surface area contributed by atoms with Crippen molar-refractivity contribution >= 4 is 5.97 Å². The minimum absolute atomic E-state index is 0.375. The Balaban J connectivity index is 2.83. The third-order valence-corrected chi connectivity index (χ3v) is 3.94. The molecule has 1 fully saturated rings. The van der Waals surface area contributed by atoms with Crippen molar-refractivity contribution in [3.8, 4) is 0 Å². The lowest BCUT2D eigenvalue weighted by atomic mass is 9.64. The molecule has 2 nitrogen and oxygen atoms in total. The van der Waals surface area contributed by atoms with Crippen molar-refractivity contribution < 1.29 is 9.90 Å². The van der Waals surface area contributed by atoms with Gasteiger partial charge in [0.25, 0.3) is 0 Å². The van der Waals surface area contributed by atoms with Gasteiger partial charge in [0.1, 0.15) is 0 Å². The zero-order valence-electron chi connectivity index (χ0n) is 9.38.